The van der Waals surface area contributed by atoms with Crippen molar-refractivity contribution >= 4 is 46.0 Å². The number of anilines is 2. The number of halogens is 1. The third-order valence-corrected chi connectivity index (χ3v) is 7.46. The first-order valence-corrected chi connectivity index (χ1v) is 13.8. The molecule has 3 aromatic rings. The maximum absolute atomic E-state index is 13.7. The lowest BCUT2D eigenvalue weighted by atomic mass is 9.98. The van der Waals surface area contributed by atoms with E-state index in [1.165, 1.54) is 6.26 Å². The van der Waals surface area contributed by atoms with Crippen LogP contribution in [0.3, 0.4) is 0 Å². The summed E-state index contributed by atoms with van der Waals surface area (Å²) in [4.78, 5) is 20.3. The molecule has 186 valence electrons. The molecule has 0 spiro atoms. The molecule has 9 nitrogen and oxygen atoms in total. The second-order valence-corrected chi connectivity index (χ2v) is 11.2. The van der Waals surface area contributed by atoms with E-state index >= 15 is 0 Å². The van der Waals surface area contributed by atoms with Gasteiger partial charge < -0.3 is 20.5 Å². The Kier molecular flexibility index (Phi) is 6.56. The molecule has 2 aliphatic rings. The fourth-order valence-electron chi connectivity index (χ4n) is 4.54. The number of aryl methyl sites for hydroxylation is 1. The molecular weight excluding hydrogens is 486 g/mol. The molecule has 3 heterocycles. The van der Waals surface area contributed by atoms with E-state index in [2.05, 4.69) is 10.0 Å². The van der Waals surface area contributed by atoms with Crippen LogP contribution in [0.2, 0.25) is 5.02 Å². The number of nitrogens with zero attached hydrogens (tertiary/aromatic N) is 4. The largest absolute Gasteiger partial charge is 0.593 e. The minimum Gasteiger partial charge on any atom is -0.593 e. The number of benzene rings is 1. The van der Waals surface area contributed by atoms with Crippen molar-refractivity contribution in [2.45, 2.75) is 50.6 Å². The zero-order valence-corrected chi connectivity index (χ0v) is 21.5. The second-order valence-electron chi connectivity index (χ2n) is 9.62. The average Bonchev–Trinajstić information content (AvgIpc) is 3.42. The predicted molar refractivity (Wildman–Crippen MR) is 139 cm³/mol. The van der Waals surface area contributed by atoms with Gasteiger partial charge in [0.1, 0.15) is 12.1 Å². The van der Waals surface area contributed by atoms with Crippen LogP contribution in [-0.2, 0) is 11.4 Å². The third kappa shape index (κ3) is 5.20. The number of piperidine rings is 1. The van der Waals surface area contributed by atoms with E-state index in [9.17, 15) is 9.35 Å². The van der Waals surface area contributed by atoms with Gasteiger partial charge in [0.2, 0.25) is 0 Å². The van der Waals surface area contributed by atoms with Crippen molar-refractivity contribution in [1.29, 1.82) is 0 Å². The van der Waals surface area contributed by atoms with E-state index in [1.807, 2.05) is 24.1 Å². The Morgan fingerprint density at radius 1 is 1.34 bits per heavy atom. The van der Waals surface area contributed by atoms with Gasteiger partial charge in [-0.15, -0.1) is 0 Å². The summed E-state index contributed by atoms with van der Waals surface area (Å²) >= 11 is 4.90. The number of fused-ring (bicyclic) bond motifs is 1. The molecule has 2 fully saturated rings. The van der Waals surface area contributed by atoms with Crippen LogP contribution in [0.15, 0.2) is 30.5 Å². The molecule has 1 unspecified atom stereocenters. The van der Waals surface area contributed by atoms with Crippen LogP contribution >= 0.6 is 11.6 Å². The quantitative estimate of drug-likeness (QED) is 0.410. The molecule has 35 heavy (non-hydrogen) atoms. The van der Waals surface area contributed by atoms with E-state index in [4.69, 9.17) is 27.4 Å². The molecule has 1 aliphatic heterocycles. The van der Waals surface area contributed by atoms with Gasteiger partial charge in [0.25, 0.3) is 5.91 Å². The zero-order valence-electron chi connectivity index (χ0n) is 19.9. The maximum atomic E-state index is 13.7. The highest BCUT2D eigenvalue weighted by molar-refractivity contribution is 7.92. The lowest BCUT2D eigenvalue weighted by molar-refractivity contribution is 0.0607. The van der Waals surface area contributed by atoms with Crippen molar-refractivity contribution in [1.82, 2.24) is 19.5 Å². The van der Waals surface area contributed by atoms with Gasteiger partial charge in [0.05, 0.1) is 34.3 Å². The molecule has 11 heteroatoms. The van der Waals surface area contributed by atoms with Gasteiger partial charge in [-0.2, -0.15) is 5.10 Å². The van der Waals surface area contributed by atoms with E-state index < -0.39 is 11.4 Å². The Labute approximate surface area is 212 Å². The first kappa shape index (κ1) is 24.2. The SMILES string of the molecule is Cc1cn2nc([C@@H]3CCCCN3C(=O)c3cc(Cl)ccc3N[S+](C)[O-])cc2nc1NCC1(N)CC1. The Hall–Kier alpha value is -2.53. The van der Waals surface area contributed by atoms with Gasteiger partial charge in [-0.05, 0) is 57.2 Å². The summed E-state index contributed by atoms with van der Waals surface area (Å²) in [6, 6.07) is 6.76. The van der Waals surface area contributed by atoms with E-state index in [0.717, 1.165) is 54.8 Å². The second kappa shape index (κ2) is 9.50. The van der Waals surface area contributed by atoms with Crippen molar-refractivity contribution in [3.8, 4) is 0 Å². The van der Waals surface area contributed by atoms with Gasteiger partial charge in [-0.1, -0.05) is 11.6 Å². The van der Waals surface area contributed by atoms with Crippen LogP contribution in [0, 0.1) is 6.92 Å². The average molecular weight is 516 g/mol. The summed E-state index contributed by atoms with van der Waals surface area (Å²) in [6.07, 6.45) is 8.25. The molecule has 1 saturated heterocycles. The molecule has 1 aliphatic carbocycles. The fourth-order valence-corrected chi connectivity index (χ4v) is 5.20. The Bertz CT molecular complexity index is 1260. The molecule has 2 atom stereocenters. The van der Waals surface area contributed by atoms with Gasteiger partial charge in [0.15, 0.2) is 5.65 Å². The normalized spacial score (nSPS) is 20.0. The number of nitrogens with two attached hydrogens (primary N) is 1. The summed E-state index contributed by atoms with van der Waals surface area (Å²) in [6.45, 7) is 3.30. The fraction of sp³-hybridized carbons (Fsp3) is 0.458. The number of carbonyl (C=O) groups excluding carboxylic acids is 1. The van der Waals surface area contributed by atoms with E-state index in [0.29, 0.717) is 29.4 Å². The number of hydrogen-bond donors (Lipinski definition) is 3. The van der Waals surface area contributed by atoms with Crippen molar-refractivity contribution in [3.63, 3.8) is 0 Å². The van der Waals surface area contributed by atoms with E-state index in [-0.39, 0.29) is 17.5 Å². The molecule has 1 saturated carbocycles. The van der Waals surface area contributed by atoms with Crippen molar-refractivity contribution in [2.24, 2.45) is 5.73 Å². The first-order chi connectivity index (χ1) is 16.7. The minimum absolute atomic E-state index is 0.118. The lowest BCUT2D eigenvalue weighted by Crippen LogP contribution is -2.39. The highest BCUT2D eigenvalue weighted by Crippen LogP contribution is 2.35. The van der Waals surface area contributed by atoms with Gasteiger partial charge in [-0.25, -0.2) is 14.2 Å². The number of hydrogen-bond acceptors (Lipinski definition) is 7. The van der Waals surface area contributed by atoms with E-state index in [1.54, 1.807) is 22.7 Å². The van der Waals surface area contributed by atoms with Crippen molar-refractivity contribution < 1.29 is 9.35 Å². The minimum atomic E-state index is -1.32. The van der Waals surface area contributed by atoms with Crippen LogP contribution in [0.25, 0.3) is 5.65 Å². The number of likely N-dealkylation sites (tertiary alicyclic amines) is 1. The number of nitrogens with one attached hydrogen (secondary N) is 2. The van der Waals surface area contributed by atoms with Gasteiger partial charge in [-0.3, -0.25) is 4.79 Å². The summed E-state index contributed by atoms with van der Waals surface area (Å²) in [5.74, 6) is 0.644. The molecule has 0 bridgehead atoms. The van der Waals surface area contributed by atoms with Crippen LogP contribution in [-0.4, -0.2) is 54.8 Å². The standard InChI is InChI=1S/C24H30ClN7O2S/c1-15-13-32-21(28-22(15)27-14-24(26)8-9-24)12-19(29-32)20-5-3-4-10-31(20)23(33)17-11-16(25)6-7-18(17)30-35(2)34/h6-7,11-13,20,30H,3-5,8-10,14,26H2,1-2H3,(H,27,28)/t20-,35?/m0/s1. The number of rotatable bonds is 7. The van der Waals surface area contributed by atoms with Crippen LogP contribution in [0.5, 0.6) is 0 Å². The molecule has 5 rings (SSSR count). The summed E-state index contributed by atoms with van der Waals surface area (Å²) < 4.78 is 16.4. The first-order valence-electron chi connectivity index (χ1n) is 11.8. The highest BCUT2D eigenvalue weighted by Gasteiger charge is 2.38. The predicted octanol–water partition coefficient (Wildman–Crippen LogP) is 3.67. The molecule has 0 radical (unpaired) electrons. The van der Waals surface area contributed by atoms with Gasteiger partial charge in [0, 0.05) is 41.5 Å². The van der Waals surface area contributed by atoms with Gasteiger partial charge >= 0.3 is 0 Å². The Morgan fingerprint density at radius 3 is 2.89 bits per heavy atom. The third-order valence-electron chi connectivity index (χ3n) is 6.72. The molecule has 1 amide bonds. The van der Waals surface area contributed by atoms with Crippen molar-refractivity contribution in [3.05, 3.63) is 52.3 Å². The van der Waals surface area contributed by atoms with Crippen LogP contribution in [0.4, 0.5) is 11.5 Å². The number of amides is 1. The molecule has 1 aromatic carbocycles. The zero-order chi connectivity index (χ0) is 24.7. The Balaban J connectivity index is 1.44. The van der Waals surface area contributed by atoms with Crippen molar-refractivity contribution in [2.75, 3.05) is 29.4 Å². The van der Waals surface area contributed by atoms with Crippen LogP contribution in [0.1, 0.15) is 59.8 Å². The summed E-state index contributed by atoms with van der Waals surface area (Å²) in [7, 11) is 0. The smallest absolute Gasteiger partial charge is 0.256 e. The molecule has 4 N–H and O–H groups in total. The number of carbonyl (C=O) groups is 1. The molecular formula is C24H30ClN7O2S. The monoisotopic (exact) mass is 515 g/mol. The summed E-state index contributed by atoms with van der Waals surface area (Å²) in [5.41, 5.74) is 9.51. The maximum Gasteiger partial charge on any atom is 0.256 e. The lowest BCUT2D eigenvalue weighted by Gasteiger charge is -2.35. The Morgan fingerprint density at radius 2 is 2.14 bits per heavy atom. The molecule has 2 aromatic heterocycles. The van der Waals surface area contributed by atoms with Crippen LogP contribution < -0.4 is 15.8 Å². The topological polar surface area (TPSA) is 124 Å². The highest BCUT2D eigenvalue weighted by atomic mass is 35.5. The number of aromatic nitrogens is 3. The summed E-state index contributed by atoms with van der Waals surface area (Å²) in [5, 5.41) is 8.63.